The number of amides is 2. The summed E-state index contributed by atoms with van der Waals surface area (Å²) in [6, 6.07) is -2.07. The molecule has 0 unspecified atom stereocenters. The third kappa shape index (κ3) is 19.8. The van der Waals surface area contributed by atoms with Crippen LogP contribution in [-0.4, -0.2) is 53.2 Å². The van der Waals surface area contributed by atoms with E-state index in [2.05, 4.69) is 17.6 Å². The van der Waals surface area contributed by atoms with E-state index in [4.69, 9.17) is 5.73 Å². The highest BCUT2D eigenvalue weighted by molar-refractivity contribution is 5.87. The van der Waals surface area contributed by atoms with Crippen molar-refractivity contribution < 1.29 is 24.6 Å². The Hall–Kier alpha value is -1.67. The van der Waals surface area contributed by atoms with Crippen molar-refractivity contribution in [1.82, 2.24) is 10.6 Å². The number of hydrogen-bond acceptors (Lipinski definition) is 5. The van der Waals surface area contributed by atoms with Crippen molar-refractivity contribution in [2.24, 2.45) is 5.73 Å². The Kier molecular flexibility index (Phi) is 22.0. The molecular weight excluding hydrogens is 434 g/mol. The van der Waals surface area contributed by atoms with E-state index in [1.54, 1.807) is 0 Å². The van der Waals surface area contributed by atoms with E-state index < -0.39 is 36.5 Å². The van der Waals surface area contributed by atoms with E-state index >= 15 is 0 Å². The summed E-state index contributed by atoms with van der Waals surface area (Å²) >= 11 is 0. The van der Waals surface area contributed by atoms with Crippen LogP contribution in [-0.2, 0) is 14.4 Å². The summed E-state index contributed by atoms with van der Waals surface area (Å²) < 4.78 is 0. The van der Waals surface area contributed by atoms with Crippen LogP contribution in [0.5, 0.6) is 0 Å². The van der Waals surface area contributed by atoms with Gasteiger partial charge < -0.3 is 26.6 Å². The van der Waals surface area contributed by atoms with Crippen LogP contribution in [0.2, 0.25) is 0 Å². The lowest BCUT2D eigenvalue weighted by Gasteiger charge is -2.19. The third-order valence-corrected chi connectivity index (χ3v) is 6.21. The smallest absolute Gasteiger partial charge is 0.326 e. The number of carboxylic acid groups (broad SMARTS) is 1. The first-order chi connectivity index (χ1) is 16.4. The summed E-state index contributed by atoms with van der Waals surface area (Å²) in [5.41, 5.74) is 5.04. The van der Waals surface area contributed by atoms with Crippen molar-refractivity contribution >= 4 is 17.8 Å². The predicted octanol–water partition coefficient (Wildman–Crippen LogP) is 4.03. The Morgan fingerprint density at radius 3 is 1.56 bits per heavy atom. The fourth-order valence-electron chi connectivity index (χ4n) is 4.01. The van der Waals surface area contributed by atoms with Crippen molar-refractivity contribution in [1.29, 1.82) is 0 Å². The number of rotatable bonds is 25. The van der Waals surface area contributed by atoms with Crippen LogP contribution in [0.25, 0.3) is 0 Å². The van der Waals surface area contributed by atoms with E-state index in [0.29, 0.717) is 6.54 Å². The molecule has 6 N–H and O–H groups in total. The molecule has 0 aliphatic heterocycles. The van der Waals surface area contributed by atoms with Gasteiger partial charge in [0.1, 0.15) is 12.1 Å². The van der Waals surface area contributed by atoms with Gasteiger partial charge in [-0.25, -0.2) is 4.79 Å². The van der Waals surface area contributed by atoms with Gasteiger partial charge in [-0.05, 0) is 19.4 Å². The first-order valence-electron chi connectivity index (χ1n) is 13.6. The van der Waals surface area contributed by atoms with E-state index in [-0.39, 0.29) is 12.8 Å². The minimum atomic E-state index is -1.23. The number of carbonyl (C=O) groups excluding carboxylic acids is 2. The van der Waals surface area contributed by atoms with Crippen LogP contribution in [0.1, 0.15) is 122 Å². The summed E-state index contributed by atoms with van der Waals surface area (Å²) in [5, 5.41) is 24.0. The van der Waals surface area contributed by atoms with Gasteiger partial charge in [-0.1, -0.05) is 103 Å². The lowest BCUT2D eigenvalue weighted by molar-refractivity contribution is -0.142. The largest absolute Gasteiger partial charge is 0.480 e. The number of nitrogens with one attached hydrogen (secondary N) is 2. The summed E-state index contributed by atoms with van der Waals surface area (Å²) in [6.45, 7) is 2.41. The average Bonchev–Trinajstić information content (AvgIpc) is 2.80. The fourth-order valence-corrected chi connectivity index (χ4v) is 4.01. The Bertz CT molecular complexity index is 531. The standard InChI is InChI=1S/C26H51N3O5/c1-2-3-4-5-6-7-8-9-10-11-12-13-14-15-16-17-20-28-23(21-30)25(32)29-22(26(33)34)18-19-24(27)31/h22-23,28,30H,2-21H2,1H3,(H2,27,31)(H,29,32)(H,33,34)/t22-,23+/m1/s1. The molecule has 0 aromatic heterocycles. The van der Waals surface area contributed by atoms with Gasteiger partial charge in [0.25, 0.3) is 0 Å². The third-order valence-electron chi connectivity index (χ3n) is 6.21. The molecule has 0 aromatic carbocycles. The van der Waals surface area contributed by atoms with Gasteiger partial charge in [-0.2, -0.15) is 0 Å². The number of aliphatic carboxylic acids is 1. The molecule has 2 amide bonds. The zero-order valence-corrected chi connectivity index (χ0v) is 21.5. The second-order valence-electron chi connectivity index (χ2n) is 9.40. The molecule has 0 radical (unpaired) electrons. The summed E-state index contributed by atoms with van der Waals surface area (Å²) in [4.78, 5) is 34.3. The van der Waals surface area contributed by atoms with Gasteiger partial charge in [0.2, 0.25) is 11.8 Å². The zero-order chi connectivity index (χ0) is 25.4. The molecule has 0 saturated heterocycles. The van der Waals surface area contributed by atoms with E-state index in [1.807, 2.05) is 0 Å². The predicted molar refractivity (Wildman–Crippen MR) is 136 cm³/mol. The molecule has 0 aliphatic carbocycles. The summed E-state index contributed by atoms with van der Waals surface area (Å²) in [5.74, 6) is -2.44. The van der Waals surface area contributed by atoms with Crippen LogP contribution in [0.15, 0.2) is 0 Å². The Morgan fingerprint density at radius 1 is 0.735 bits per heavy atom. The lowest BCUT2D eigenvalue weighted by Crippen LogP contribution is -2.52. The normalized spacial score (nSPS) is 12.9. The van der Waals surface area contributed by atoms with Crippen LogP contribution in [0.3, 0.4) is 0 Å². The topological polar surface area (TPSA) is 142 Å². The summed E-state index contributed by atoms with van der Waals surface area (Å²) in [6.07, 6.45) is 20.5. The number of carbonyl (C=O) groups is 3. The second kappa shape index (κ2) is 23.1. The van der Waals surface area contributed by atoms with Crippen molar-refractivity contribution in [2.45, 2.75) is 135 Å². The van der Waals surface area contributed by atoms with E-state index in [9.17, 15) is 24.6 Å². The zero-order valence-electron chi connectivity index (χ0n) is 21.5. The highest BCUT2D eigenvalue weighted by Crippen LogP contribution is 2.13. The molecule has 200 valence electrons. The molecule has 8 heteroatoms. The van der Waals surface area contributed by atoms with Gasteiger partial charge in [0.05, 0.1) is 6.61 Å². The van der Waals surface area contributed by atoms with Crippen LogP contribution in [0, 0.1) is 0 Å². The van der Waals surface area contributed by atoms with Gasteiger partial charge in [0.15, 0.2) is 0 Å². The Labute approximate surface area is 206 Å². The van der Waals surface area contributed by atoms with E-state index in [0.717, 1.165) is 19.3 Å². The molecule has 0 aliphatic rings. The van der Waals surface area contributed by atoms with E-state index in [1.165, 1.54) is 83.5 Å². The molecule has 0 saturated carbocycles. The highest BCUT2D eigenvalue weighted by atomic mass is 16.4. The van der Waals surface area contributed by atoms with Crippen molar-refractivity contribution in [2.75, 3.05) is 13.2 Å². The highest BCUT2D eigenvalue weighted by Gasteiger charge is 2.24. The molecule has 2 atom stereocenters. The SMILES string of the molecule is CCCCCCCCCCCCCCCCCCN[C@@H](CO)C(=O)N[C@H](CCC(N)=O)C(=O)O. The molecule has 34 heavy (non-hydrogen) atoms. The van der Waals surface area contributed by atoms with Gasteiger partial charge in [-0.3, -0.25) is 9.59 Å². The van der Waals surface area contributed by atoms with Gasteiger partial charge in [0, 0.05) is 6.42 Å². The molecule has 0 bridgehead atoms. The maximum atomic E-state index is 12.2. The first-order valence-corrected chi connectivity index (χ1v) is 13.6. The lowest BCUT2D eigenvalue weighted by atomic mass is 10.0. The Morgan fingerprint density at radius 2 is 1.18 bits per heavy atom. The minimum Gasteiger partial charge on any atom is -0.480 e. The molecule has 0 heterocycles. The average molecular weight is 486 g/mol. The number of aliphatic hydroxyl groups is 1. The molecule has 8 nitrogen and oxygen atoms in total. The van der Waals surface area contributed by atoms with Crippen molar-refractivity contribution in [3.63, 3.8) is 0 Å². The molecule has 0 aromatic rings. The first kappa shape index (κ1) is 32.3. The molecule has 0 spiro atoms. The number of unbranched alkanes of at least 4 members (excludes halogenated alkanes) is 15. The van der Waals surface area contributed by atoms with Crippen LogP contribution >= 0.6 is 0 Å². The molecule has 0 rings (SSSR count). The maximum Gasteiger partial charge on any atom is 0.326 e. The number of carboxylic acids is 1. The molecular formula is C26H51N3O5. The maximum absolute atomic E-state index is 12.2. The fraction of sp³-hybridized carbons (Fsp3) is 0.885. The van der Waals surface area contributed by atoms with Crippen molar-refractivity contribution in [3.05, 3.63) is 0 Å². The number of nitrogens with two attached hydrogens (primary N) is 1. The van der Waals surface area contributed by atoms with Crippen molar-refractivity contribution in [3.8, 4) is 0 Å². The molecule has 0 fully saturated rings. The number of primary amides is 1. The monoisotopic (exact) mass is 485 g/mol. The summed E-state index contributed by atoms with van der Waals surface area (Å²) in [7, 11) is 0. The van der Waals surface area contributed by atoms with Gasteiger partial charge >= 0.3 is 5.97 Å². The van der Waals surface area contributed by atoms with Crippen LogP contribution in [0.4, 0.5) is 0 Å². The second-order valence-corrected chi connectivity index (χ2v) is 9.40. The Balaban J connectivity index is 3.66. The van der Waals surface area contributed by atoms with Crippen LogP contribution < -0.4 is 16.4 Å². The van der Waals surface area contributed by atoms with Gasteiger partial charge in [-0.15, -0.1) is 0 Å². The minimum absolute atomic E-state index is 0.0757. The number of hydrogen-bond donors (Lipinski definition) is 5. The quantitative estimate of drug-likeness (QED) is 0.124. The number of aliphatic hydroxyl groups excluding tert-OH is 1.